The highest BCUT2D eigenvalue weighted by Crippen LogP contribution is 2.43. The predicted octanol–water partition coefficient (Wildman–Crippen LogP) is 5.19. The van der Waals surface area contributed by atoms with Gasteiger partial charge in [-0.15, -0.1) is 0 Å². The number of amides is 1. The van der Waals surface area contributed by atoms with Crippen LogP contribution in [0.1, 0.15) is 64.0 Å². The number of hydrogen-bond acceptors (Lipinski definition) is 3. The number of likely N-dealkylation sites (tertiary alicyclic amines) is 1. The molecule has 0 N–H and O–H groups in total. The van der Waals surface area contributed by atoms with Crippen molar-refractivity contribution < 1.29 is 9.53 Å². The Bertz CT molecular complexity index is 747. The largest absolute Gasteiger partial charge is 0.444 e. The van der Waals surface area contributed by atoms with Crippen LogP contribution in [0.3, 0.4) is 0 Å². The standard InChI is InChI=1S/C22H30N2O2/c1-14-9-10-15-12-18(23-17(15)11-14)20-13-16-7-5-6-8-19(16)24(20)21(25)26-22(2,3)4/h9-11,16,19-20H,5-8,12-13H2,1-4H3/t16-,19-,20-/m0/s1. The molecule has 1 aliphatic carbocycles. The van der Waals surface area contributed by atoms with Crippen molar-refractivity contribution >= 4 is 17.5 Å². The molecule has 26 heavy (non-hydrogen) atoms. The summed E-state index contributed by atoms with van der Waals surface area (Å²) < 4.78 is 5.79. The van der Waals surface area contributed by atoms with Crippen molar-refractivity contribution in [3.05, 3.63) is 29.3 Å². The number of ether oxygens (including phenoxy) is 1. The summed E-state index contributed by atoms with van der Waals surface area (Å²) in [6.45, 7) is 7.94. The summed E-state index contributed by atoms with van der Waals surface area (Å²) in [4.78, 5) is 20.1. The smallest absolute Gasteiger partial charge is 0.411 e. The molecule has 1 saturated carbocycles. The molecule has 2 aliphatic heterocycles. The lowest BCUT2D eigenvalue weighted by molar-refractivity contribution is 0.0148. The van der Waals surface area contributed by atoms with Gasteiger partial charge in [0, 0.05) is 18.2 Å². The second-order valence-electron chi connectivity index (χ2n) is 9.16. The minimum Gasteiger partial charge on any atom is -0.444 e. The van der Waals surface area contributed by atoms with Crippen LogP contribution in [0.5, 0.6) is 0 Å². The second-order valence-corrected chi connectivity index (χ2v) is 9.16. The molecule has 0 spiro atoms. The maximum absolute atomic E-state index is 13.1. The molecule has 1 saturated heterocycles. The van der Waals surface area contributed by atoms with Crippen molar-refractivity contribution in [3.63, 3.8) is 0 Å². The molecule has 0 bridgehead atoms. The molecule has 3 aliphatic rings. The number of benzene rings is 1. The van der Waals surface area contributed by atoms with E-state index in [2.05, 4.69) is 25.1 Å². The number of fused-ring (bicyclic) bond motifs is 2. The number of nitrogens with zero attached hydrogens (tertiary/aromatic N) is 2. The highest BCUT2D eigenvalue weighted by Gasteiger charge is 2.48. The summed E-state index contributed by atoms with van der Waals surface area (Å²) in [5.41, 5.74) is 4.28. The van der Waals surface area contributed by atoms with Gasteiger partial charge in [-0.05, 0) is 70.1 Å². The van der Waals surface area contributed by atoms with Crippen LogP contribution < -0.4 is 0 Å². The monoisotopic (exact) mass is 354 g/mol. The Morgan fingerprint density at radius 2 is 2.00 bits per heavy atom. The average Bonchev–Trinajstić information content (AvgIpc) is 3.13. The molecular weight excluding hydrogens is 324 g/mol. The Labute approximate surface area is 156 Å². The fourth-order valence-electron chi connectivity index (χ4n) is 4.84. The van der Waals surface area contributed by atoms with Gasteiger partial charge in [0.15, 0.2) is 0 Å². The zero-order valence-electron chi connectivity index (χ0n) is 16.4. The van der Waals surface area contributed by atoms with E-state index >= 15 is 0 Å². The van der Waals surface area contributed by atoms with Crippen molar-refractivity contribution in [2.24, 2.45) is 10.9 Å². The topological polar surface area (TPSA) is 41.9 Å². The highest BCUT2D eigenvalue weighted by atomic mass is 16.6. The van der Waals surface area contributed by atoms with E-state index in [4.69, 9.17) is 9.73 Å². The van der Waals surface area contributed by atoms with Crippen molar-refractivity contribution in [2.75, 3.05) is 0 Å². The van der Waals surface area contributed by atoms with Crippen LogP contribution in [-0.4, -0.2) is 34.4 Å². The van der Waals surface area contributed by atoms with Crippen molar-refractivity contribution in [3.8, 4) is 0 Å². The van der Waals surface area contributed by atoms with Gasteiger partial charge in [0.2, 0.25) is 0 Å². The molecule has 2 fully saturated rings. The molecule has 1 aromatic rings. The summed E-state index contributed by atoms with van der Waals surface area (Å²) in [5.74, 6) is 0.592. The molecule has 0 radical (unpaired) electrons. The molecule has 1 aromatic carbocycles. The van der Waals surface area contributed by atoms with Crippen molar-refractivity contribution in [1.82, 2.24) is 4.90 Å². The van der Waals surface area contributed by atoms with E-state index in [1.807, 2.05) is 25.7 Å². The first-order valence-corrected chi connectivity index (χ1v) is 10.00. The number of aryl methyl sites for hydroxylation is 1. The Balaban J connectivity index is 1.63. The summed E-state index contributed by atoms with van der Waals surface area (Å²) >= 11 is 0. The van der Waals surface area contributed by atoms with Crippen LogP contribution >= 0.6 is 0 Å². The van der Waals surface area contributed by atoms with E-state index in [-0.39, 0.29) is 12.1 Å². The average molecular weight is 354 g/mol. The Kier molecular flexibility index (Phi) is 4.32. The minimum absolute atomic E-state index is 0.0886. The van der Waals surface area contributed by atoms with Crippen molar-refractivity contribution in [2.45, 2.75) is 83.9 Å². The van der Waals surface area contributed by atoms with Gasteiger partial charge >= 0.3 is 6.09 Å². The van der Waals surface area contributed by atoms with E-state index in [0.717, 1.165) is 30.7 Å². The van der Waals surface area contributed by atoms with E-state index in [1.165, 1.54) is 30.4 Å². The molecule has 0 unspecified atom stereocenters. The third-order valence-corrected chi connectivity index (χ3v) is 5.95. The molecule has 4 rings (SSSR count). The molecule has 3 atom stereocenters. The van der Waals surface area contributed by atoms with Crippen LogP contribution in [-0.2, 0) is 11.2 Å². The fourth-order valence-corrected chi connectivity index (χ4v) is 4.84. The van der Waals surface area contributed by atoms with Gasteiger partial charge in [-0.1, -0.05) is 25.0 Å². The first-order chi connectivity index (χ1) is 12.3. The van der Waals surface area contributed by atoms with E-state index in [1.54, 1.807) is 0 Å². The van der Waals surface area contributed by atoms with Gasteiger partial charge in [-0.25, -0.2) is 4.79 Å². The summed E-state index contributed by atoms with van der Waals surface area (Å²) in [6.07, 6.45) is 6.54. The van der Waals surface area contributed by atoms with Crippen molar-refractivity contribution in [1.29, 1.82) is 0 Å². The third kappa shape index (κ3) is 3.26. The SMILES string of the molecule is Cc1ccc2c(c1)N=C([C@@H]1C[C@@H]3CCCC[C@@H]3N1C(=O)OC(C)(C)C)C2. The zero-order chi connectivity index (χ0) is 18.5. The van der Waals surface area contributed by atoms with Crippen LogP contribution in [0.25, 0.3) is 0 Å². The lowest BCUT2D eigenvalue weighted by Crippen LogP contribution is -2.48. The number of carbonyl (C=O) groups is 1. The number of aliphatic imine (C=N–C) groups is 1. The predicted molar refractivity (Wildman–Crippen MR) is 104 cm³/mol. The van der Waals surface area contributed by atoms with Gasteiger partial charge in [0.05, 0.1) is 11.7 Å². The third-order valence-electron chi connectivity index (χ3n) is 5.95. The summed E-state index contributed by atoms with van der Waals surface area (Å²) in [5, 5.41) is 0. The maximum Gasteiger partial charge on any atom is 0.411 e. The second kappa shape index (κ2) is 6.40. The number of rotatable bonds is 1. The lowest BCUT2D eigenvalue weighted by atomic mass is 9.84. The fraction of sp³-hybridized carbons (Fsp3) is 0.636. The maximum atomic E-state index is 13.1. The van der Waals surface area contributed by atoms with Gasteiger partial charge in [0.25, 0.3) is 0 Å². The molecule has 2 heterocycles. The van der Waals surface area contributed by atoms with E-state index < -0.39 is 5.60 Å². The molecule has 1 amide bonds. The van der Waals surface area contributed by atoms with Gasteiger partial charge in [-0.2, -0.15) is 0 Å². The number of hydrogen-bond donors (Lipinski definition) is 0. The highest BCUT2D eigenvalue weighted by molar-refractivity contribution is 5.99. The Hall–Kier alpha value is -1.84. The van der Waals surface area contributed by atoms with Crippen LogP contribution in [0.4, 0.5) is 10.5 Å². The molecule has 140 valence electrons. The first-order valence-electron chi connectivity index (χ1n) is 10.00. The molecule has 0 aromatic heterocycles. The van der Waals surface area contributed by atoms with Crippen LogP contribution in [0, 0.1) is 12.8 Å². The number of carbonyl (C=O) groups excluding carboxylic acids is 1. The van der Waals surface area contributed by atoms with Gasteiger partial charge in [-0.3, -0.25) is 9.89 Å². The minimum atomic E-state index is -0.466. The van der Waals surface area contributed by atoms with E-state index in [9.17, 15) is 4.79 Å². The Morgan fingerprint density at radius 3 is 2.77 bits per heavy atom. The Morgan fingerprint density at radius 1 is 1.23 bits per heavy atom. The van der Waals surface area contributed by atoms with Gasteiger partial charge < -0.3 is 4.74 Å². The molecule has 4 heteroatoms. The normalized spacial score (nSPS) is 27.8. The van der Waals surface area contributed by atoms with Crippen LogP contribution in [0.2, 0.25) is 0 Å². The van der Waals surface area contributed by atoms with Gasteiger partial charge in [0.1, 0.15) is 5.60 Å². The molecule has 4 nitrogen and oxygen atoms in total. The first kappa shape index (κ1) is 17.6. The summed E-state index contributed by atoms with van der Waals surface area (Å²) in [6, 6.07) is 6.89. The van der Waals surface area contributed by atoms with Crippen LogP contribution in [0.15, 0.2) is 23.2 Å². The quantitative estimate of drug-likeness (QED) is 0.696. The zero-order valence-corrected chi connectivity index (χ0v) is 16.4. The summed E-state index contributed by atoms with van der Waals surface area (Å²) in [7, 11) is 0. The lowest BCUT2D eigenvalue weighted by Gasteiger charge is -2.35. The van der Waals surface area contributed by atoms with E-state index in [0.29, 0.717) is 12.0 Å². The molecular formula is C22H30N2O2.